The van der Waals surface area contributed by atoms with Crippen LogP contribution in [0.4, 0.5) is 4.79 Å². The van der Waals surface area contributed by atoms with E-state index in [1.165, 1.54) is 7.11 Å². The van der Waals surface area contributed by atoms with Gasteiger partial charge in [0.25, 0.3) is 0 Å². The van der Waals surface area contributed by atoms with Gasteiger partial charge >= 0.3 is 18.0 Å². The highest BCUT2D eigenvalue weighted by atomic mass is 16.6. The van der Waals surface area contributed by atoms with Gasteiger partial charge in [0.05, 0.1) is 13.5 Å². The topological polar surface area (TPSA) is 90.9 Å². The molecule has 0 radical (unpaired) electrons. The Hall–Kier alpha value is -2.57. The van der Waals surface area contributed by atoms with Crippen molar-refractivity contribution in [2.75, 3.05) is 7.11 Å². The number of alkyl carbamates (subject to hydrolysis) is 1. The first-order chi connectivity index (χ1) is 11.2. The van der Waals surface area contributed by atoms with Crippen LogP contribution in [0.2, 0.25) is 0 Å². The maximum absolute atomic E-state index is 11.9. The number of ether oxygens (including phenoxy) is 3. The highest BCUT2D eigenvalue weighted by Crippen LogP contribution is 2.08. The predicted molar refractivity (Wildman–Crippen MR) is 86.0 cm³/mol. The van der Waals surface area contributed by atoms with Crippen molar-refractivity contribution < 1.29 is 28.6 Å². The van der Waals surface area contributed by atoms with E-state index in [0.717, 1.165) is 5.56 Å². The van der Waals surface area contributed by atoms with Gasteiger partial charge in [-0.3, -0.25) is 4.79 Å². The summed E-state index contributed by atoms with van der Waals surface area (Å²) in [5.74, 6) is -1.39. The molecule has 0 aliphatic carbocycles. The SMILES string of the molecule is COC(=O)[C@H](CC(=O)OCc1ccccc1)NC(=O)OC(C)(C)C. The average molecular weight is 337 g/mol. The van der Waals surface area contributed by atoms with Crippen LogP contribution in [0.1, 0.15) is 32.8 Å². The zero-order chi connectivity index (χ0) is 18.2. The number of nitrogens with one attached hydrogen (secondary N) is 1. The summed E-state index contributed by atoms with van der Waals surface area (Å²) < 4.78 is 14.8. The number of amides is 1. The normalized spacial score (nSPS) is 12.0. The lowest BCUT2D eigenvalue weighted by atomic mass is 10.2. The lowest BCUT2D eigenvalue weighted by Gasteiger charge is -2.22. The van der Waals surface area contributed by atoms with E-state index in [-0.39, 0.29) is 13.0 Å². The lowest BCUT2D eigenvalue weighted by Crippen LogP contribution is -2.45. The van der Waals surface area contributed by atoms with Crippen LogP contribution < -0.4 is 5.32 Å². The lowest BCUT2D eigenvalue weighted by molar-refractivity contribution is -0.151. The monoisotopic (exact) mass is 337 g/mol. The zero-order valence-corrected chi connectivity index (χ0v) is 14.3. The van der Waals surface area contributed by atoms with E-state index in [1.54, 1.807) is 20.8 Å². The summed E-state index contributed by atoms with van der Waals surface area (Å²) in [6, 6.07) is 7.94. The van der Waals surface area contributed by atoms with E-state index < -0.39 is 29.7 Å². The van der Waals surface area contributed by atoms with E-state index in [0.29, 0.717) is 0 Å². The number of benzene rings is 1. The average Bonchev–Trinajstić information content (AvgIpc) is 2.50. The molecule has 7 nitrogen and oxygen atoms in total. The van der Waals surface area contributed by atoms with Crippen molar-refractivity contribution in [3.05, 3.63) is 35.9 Å². The van der Waals surface area contributed by atoms with E-state index in [2.05, 4.69) is 10.1 Å². The Balaban J connectivity index is 2.57. The smallest absolute Gasteiger partial charge is 0.408 e. The summed E-state index contributed by atoms with van der Waals surface area (Å²) in [6.45, 7) is 5.15. The fourth-order valence-electron chi connectivity index (χ4n) is 1.75. The number of hydrogen-bond acceptors (Lipinski definition) is 6. The third-order valence-electron chi connectivity index (χ3n) is 2.79. The van der Waals surface area contributed by atoms with Crippen molar-refractivity contribution >= 4 is 18.0 Å². The Labute approximate surface area is 141 Å². The van der Waals surface area contributed by atoms with Gasteiger partial charge in [-0.1, -0.05) is 30.3 Å². The van der Waals surface area contributed by atoms with Gasteiger partial charge in [-0.05, 0) is 26.3 Å². The molecule has 0 aliphatic rings. The Bertz CT molecular complexity index is 564. The maximum Gasteiger partial charge on any atom is 0.408 e. The van der Waals surface area contributed by atoms with Crippen LogP contribution in [0, 0.1) is 0 Å². The van der Waals surface area contributed by atoms with Crippen molar-refractivity contribution in [2.24, 2.45) is 0 Å². The third kappa shape index (κ3) is 7.62. The zero-order valence-electron chi connectivity index (χ0n) is 14.3. The van der Waals surface area contributed by atoms with Crippen LogP contribution >= 0.6 is 0 Å². The van der Waals surface area contributed by atoms with Crippen LogP contribution in [-0.2, 0) is 30.4 Å². The number of esters is 2. The number of carbonyl (C=O) groups is 3. The van der Waals surface area contributed by atoms with Gasteiger partial charge in [-0.25, -0.2) is 9.59 Å². The minimum absolute atomic E-state index is 0.0833. The number of hydrogen-bond donors (Lipinski definition) is 1. The molecule has 0 heterocycles. The second-order valence-electron chi connectivity index (χ2n) is 6.07. The van der Waals surface area contributed by atoms with Gasteiger partial charge in [0.1, 0.15) is 18.2 Å². The molecular weight excluding hydrogens is 314 g/mol. The van der Waals surface area contributed by atoms with Gasteiger partial charge in [0.2, 0.25) is 0 Å². The molecule has 1 aromatic rings. The van der Waals surface area contributed by atoms with Crippen molar-refractivity contribution in [1.29, 1.82) is 0 Å². The first kappa shape index (κ1) is 19.5. The summed E-state index contributed by atoms with van der Waals surface area (Å²) in [5, 5.41) is 2.32. The van der Waals surface area contributed by atoms with Crippen LogP contribution in [0.3, 0.4) is 0 Å². The fraction of sp³-hybridized carbons (Fsp3) is 0.471. The van der Waals surface area contributed by atoms with Crippen LogP contribution in [0.15, 0.2) is 30.3 Å². The van der Waals surface area contributed by atoms with Crippen molar-refractivity contribution in [3.8, 4) is 0 Å². The van der Waals surface area contributed by atoms with E-state index in [1.807, 2.05) is 30.3 Å². The largest absolute Gasteiger partial charge is 0.467 e. The molecular formula is C17H23NO6. The fourth-order valence-corrected chi connectivity index (χ4v) is 1.75. The number of methoxy groups -OCH3 is 1. The van der Waals surface area contributed by atoms with E-state index in [9.17, 15) is 14.4 Å². The van der Waals surface area contributed by atoms with Gasteiger partial charge in [-0.15, -0.1) is 0 Å². The summed E-state index contributed by atoms with van der Waals surface area (Å²) in [4.78, 5) is 35.4. The molecule has 7 heteroatoms. The second kappa shape index (κ2) is 8.90. The summed E-state index contributed by atoms with van der Waals surface area (Å²) in [7, 11) is 1.17. The summed E-state index contributed by atoms with van der Waals surface area (Å²) in [5.41, 5.74) is 0.0963. The van der Waals surface area contributed by atoms with Gasteiger partial charge in [0.15, 0.2) is 0 Å². The minimum Gasteiger partial charge on any atom is -0.467 e. The molecule has 0 aromatic heterocycles. The molecule has 0 fully saturated rings. The van der Waals surface area contributed by atoms with E-state index in [4.69, 9.17) is 9.47 Å². The number of carbonyl (C=O) groups excluding carboxylic acids is 3. The van der Waals surface area contributed by atoms with Crippen molar-refractivity contribution in [2.45, 2.75) is 45.4 Å². The summed E-state index contributed by atoms with van der Waals surface area (Å²) in [6.07, 6.45) is -1.16. The first-order valence-corrected chi connectivity index (χ1v) is 7.48. The summed E-state index contributed by atoms with van der Waals surface area (Å²) >= 11 is 0. The highest BCUT2D eigenvalue weighted by Gasteiger charge is 2.27. The molecule has 0 bridgehead atoms. The van der Waals surface area contributed by atoms with Crippen LogP contribution in [-0.4, -0.2) is 36.8 Å². The minimum atomic E-state index is -1.17. The molecule has 24 heavy (non-hydrogen) atoms. The number of rotatable bonds is 6. The second-order valence-corrected chi connectivity index (χ2v) is 6.07. The third-order valence-corrected chi connectivity index (χ3v) is 2.79. The maximum atomic E-state index is 11.9. The molecule has 0 spiro atoms. The Morgan fingerprint density at radius 2 is 1.75 bits per heavy atom. The van der Waals surface area contributed by atoms with Crippen LogP contribution in [0.25, 0.3) is 0 Å². The van der Waals surface area contributed by atoms with Gasteiger partial charge in [0, 0.05) is 0 Å². The molecule has 0 aliphatic heterocycles. The van der Waals surface area contributed by atoms with Crippen molar-refractivity contribution in [3.63, 3.8) is 0 Å². The Kier molecular flexibility index (Phi) is 7.23. The molecule has 1 N–H and O–H groups in total. The molecule has 132 valence electrons. The van der Waals surface area contributed by atoms with Crippen molar-refractivity contribution in [1.82, 2.24) is 5.32 Å². The molecule has 1 atom stereocenters. The van der Waals surface area contributed by atoms with Gasteiger partial charge < -0.3 is 19.5 Å². The Morgan fingerprint density at radius 1 is 1.12 bits per heavy atom. The Morgan fingerprint density at radius 3 is 2.29 bits per heavy atom. The predicted octanol–water partition coefficient (Wildman–Crippen LogP) is 2.19. The van der Waals surface area contributed by atoms with Crippen LogP contribution in [0.5, 0.6) is 0 Å². The molecule has 0 saturated heterocycles. The standard InChI is InChI=1S/C17H23NO6/c1-17(2,3)24-16(21)18-13(15(20)22-4)10-14(19)23-11-12-8-6-5-7-9-12/h5-9,13H,10-11H2,1-4H3,(H,18,21)/t13-/m0/s1. The van der Waals surface area contributed by atoms with Gasteiger partial charge in [-0.2, -0.15) is 0 Å². The molecule has 1 rings (SSSR count). The molecule has 0 unspecified atom stereocenters. The quantitative estimate of drug-likeness (QED) is 0.632. The molecule has 0 saturated carbocycles. The molecule has 1 aromatic carbocycles. The highest BCUT2D eigenvalue weighted by molar-refractivity contribution is 5.86. The first-order valence-electron chi connectivity index (χ1n) is 7.48. The molecule has 1 amide bonds. The van der Waals surface area contributed by atoms with E-state index >= 15 is 0 Å².